The number of hydrogen-bond donors (Lipinski definition) is 0. The fraction of sp³-hybridized carbons (Fsp3) is 0.263. The van der Waals surface area contributed by atoms with Crippen molar-refractivity contribution < 1.29 is 24.0 Å². The van der Waals surface area contributed by atoms with Gasteiger partial charge in [-0.05, 0) is 23.3 Å². The van der Waals surface area contributed by atoms with E-state index in [4.69, 9.17) is 9.47 Å². The Hall–Kier alpha value is -3.26. The molecule has 27 heavy (non-hydrogen) atoms. The average Bonchev–Trinajstić information content (AvgIpc) is 3.00. The van der Waals surface area contributed by atoms with Crippen molar-refractivity contribution >= 4 is 17.6 Å². The lowest BCUT2D eigenvalue weighted by Gasteiger charge is -2.35. The highest BCUT2D eigenvalue weighted by molar-refractivity contribution is 5.90. The molecule has 2 aromatic rings. The van der Waals surface area contributed by atoms with Crippen LogP contribution in [0.3, 0.4) is 0 Å². The Kier molecular flexibility index (Phi) is 4.33. The SMILES string of the molecule is O=C(OCc1ccc([N+](=O)[O-])cc1)[C@H]1[C@H](c2ccccc2)O[C@@H]2CC(=O)N21. The van der Waals surface area contributed by atoms with E-state index in [1.54, 1.807) is 0 Å². The molecule has 2 fully saturated rings. The number of hydrogen-bond acceptors (Lipinski definition) is 6. The molecule has 0 radical (unpaired) electrons. The second-order valence-corrected chi connectivity index (χ2v) is 6.40. The van der Waals surface area contributed by atoms with Gasteiger partial charge in [-0.15, -0.1) is 0 Å². The number of carbonyl (C=O) groups excluding carboxylic acids is 2. The Morgan fingerprint density at radius 3 is 2.52 bits per heavy atom. The van der Waals surface area contributed by atoms with Gasteiger partial charge >= 0.3 is 5.97 Å². The Bertz CT molecular complexity index is 883. The number of esters is 1. The molecule has 0 unspecified atom stereocenters. The number of β-lactam (4-membered cyclic amide) rings is 1. The van der Waals surface area contributed by atoms with Gasteiger partial charge in [-0.3, -0.25) is 19.8 Å². The first kappa shape index (κ1) is 17.2. The van der Waals surface area contributed by atoms with Gasteiger partial charge in [-0.1, -0.05) is 30.3 Å². The fourth-order valence-corrected chi connectivity index (χ4v) is 3.33. The second kappa shape index (κ2) is 6.81. The maximum absolute atomic E-state index is 12.7. The molecule has 2 aliphatic rings. The highest BCUT2D eigenvalue weighted by atomic mass is 16.6. The summed E-state index contributed by atoms with van der Waals surface area (Å²) in [6.45, 7) is -0.0401. The lowest BCUT2D eigenvalue weighted by molar-refractivity contribution is -0.384. The Morgan fingerprint density at radius 1 is 1.19 bits per heavy atom. The van der Waals surface area contributed by atoms with Crippen LogP contribution in [0, 0.1) is 10.1 Å². The molecule has 0 aromatic heterocycles. The average molecular weight is 368 g/mol. The van der Waals surface area contributed by atoms with Crippen LogP contribution in [0.25, 0.3) is 0 Å². The van der Waals surface area contributed by atoms with Crippen LogP contribution in [-0.4, -0.2) is 34.0 Å². The van der Waals surface area contributed by atoms with Crippen LogP contribution in [0.2, 0.25) is 0 Å². The van der Waals surface area contributed by atoms with Crippen molar-refractivity contribution in [3.63, 3.8) is 0 Å². The third kappa shape index (κ3) is 3.15. The van der Waals surface area contributed by atoms with Crippen LogP contribution in [0.15, 0.2) is 54.6 Å². The third-order valence-corrected chi connectivity index (χ3v) is 4.74. The van der Waals surface area contributed by atoms with Crippen LogP contribution in [-0.2, 0) is 25.7 Å². The van der Waals surface area contributed by atoms with Gasteiger partial charge in [-0.2, -0.15) is 0 Å². The minimum atomic E-state index is -0.836. The largest absolute Gasteiger partial charge is 0.459 e. The maximum atomic E-state index is 12.7. The Morgan fingerprint density at radius 2 is 1.89 bits per heavy atom. The Labute approximate surface area is 154 Å². The molecule has 0 N–H and O–H groups in total. The summed E-state index contributed by atoms with van der Waals surface area (Å²) in [5.41, 5.74) is 1.39. The highest BCUT2D eigenvalue weighted by Crippen LogP contribution is 2.42. The van der Waals surface area contributed by atoms with Crippen molar-refractivity contribution in [1.82, 2.24) is 4.90 Å². The van der Waals surface area contributed by atoms with Gasteiger partial charge in [0.15, 0.2) is 6.04 Å². The predicted molar refractivity (Wildman–Crippen MR) is 92.2 cm³/mol. The molecule has 3 atom stereocenters. The minimum absolute atomic E-state index is 0.0348. The predicted octanol–water partition coefficient (Wildman–Crippen LogP) is 2.34. The molecule has 0 saturated carbocycles. The van der Waals surface area contributed by atoms with Crippen molar-refractivity contribution in [2.75, 3.05) is 0 Å². The zero-order valence-electron chi connectivity index (χ0n) is 14.2. The van der Waals surface area contributed by atoms with Gasteiger partial charge in [0.25, 0.3) is 5.69 Å². The van der Waals surface area contributed by atoms with E-state index in [1.165, 1.54) is 29.2 Å². The molecule has 8 heteroatoms. The van der Waals surface area contributed by atoms with Crippen LogP contribution in [0.4, 0.5) is 5.69 Å². The van der Waals surface area contributed by atoms with Crippen molar-refractivity contribution in [1.29, 1.82) is 0 Å². The number of amides is 1. The van der Waals surface area contributed by atoms with Crippen LogP contribution in [0.1, 0.15) is 23.7 Å². The van der Waals surface area contributed by atoms with Crippen LogP contribution >= 0.6 is 0 Å². The number of rotatable bonds is 5. The first-order chi connectivity index (χ1) is 13.0. The molecule has 2 aromatic carbocycles. The molecule has 4 rings (SSSR count). The van der Waals surface area contributed by atoms with E-state index in [2.05, 4.69) is 0 Å². The summed E-state index contributed by atoms with van der Waals surface area (Å²) in [6, 6.07) is 14.2. The summed E-state index contributed by atoms with van der Waals surface area (Å²) in [4.78, 5) is 36.3. The first-order valence-electron chi connectivity index (χ1n) is 8.46. The standard InChI is InChI=1S/C19H16N2O6/c22-15-10-16-20(15)17(18(27-16)13-4-2-1-3-5-13)19(23)26-11-12-6-8-14(9-7-12)21(24)25/h1-9,16-18H,10-11H2/t16-,17-,18+/m1/s1. The molecule has 138 valence electrons. The molecule has 1 amide bonds. The molecule has 0 bridgehead atoms. The van der Waals surface area contributed by atoms with Crippen LogP contribution in [0.5, 0.6) is 0 Å². The van der Waals surface area contributed by atoms with E-state index >= 15 is 0 Å². The summed E-state index contributed by atoms with van der Waals surface area (Å²) in [7, 11) is 0. The third-order valence-electron chi connectivity index (χ3n) is 4.74. The number of nitrogens with zero attached hydrogens (tertiary/aromatic N) is 2. The smallest absolute Gasteiger partial charge is 0.332 e. The monoisotopic (exact) mass is 368 g/mol. The van der Waals surface area contributed by atoms with Crippen molar-refractivity contribution in [3.05, 3.63) is 75.8 Å². The van der Waals surface area contributed by atoms with Gasteiger partial charge in [0.1, 0.15) is 18.9 Å². The topological polar surface area (TPSA) is 99.0 Å². The Balaban J connectivity index is 1.48. The highest BCUT2D eigenvalue weighted by Gasteiger charge is 2.56. The fourth-order valence-electron chi connectivity index (χ4n) is 3.33. The van der Waals surface area contributed by atoms with Gasteiger partial charge in [-0.25, -0.2) is 4.79 Å². The lowest BCUT2D eigenvalue weighted by atomic mass is 10.0. The van der Waals surface area contributed by atoms with E-state index in [0.717, 1.165) is 5.56 Å². The molecule has 0 spiro atoms. The van der Waals surface area contributed by atoms with E-state index in [-0.39, 0.29) is 24.6 Å². The molecule has 2 heterocycles. The van der Waals surface area contributed by atoms with Gasteiger partial charge < -0.3 is 9.47 Å². The quantitative estimate of drug-likeness (QED) is 0.348. The van der Waals surface area contributed by atoms with E-state index in [0.29, 0.717) is 5.56 Å². The number of benzene rings is 2. The lowest BCUT2D eigenvalue weighted by Crippen LogP contribution is -2.55. The first-order valence-corrected chi connectivity index (χ1v) is 8.46. The van der Waals surface area contributed by atoms with E-state index < -0.39 is 29.3 Å². The van der Waals surface area contributed by atoms with Crippen molar-refractivity contribution in [3.8, 4) is 0 Å². The van der Waals surface area contributed by atoms with Gasteiger partial charge in [0.2, 0.25) is 5.91 Å². The molecule has 0 aliphatic carbocycles. The van der Waals surface area contributed by atoms with Gasteiger partial charge in [0.05, 0.1) is 11.3 Å². The zero-order valence-corrected chi connectivity index (χ0v) is 14.2. The molecular weight excluding hydrogens is 352 g/mol. The summed E-state index contributed by atoms with van der Waals surface area (Å²) in [5, 5.41) is 10.7. The number of fused-ring (bicyclic) bond motifs is 1. The molecule has 2 saturated heterocycles. The molecule has 2 aliphatic heterocycles. The van der Waals surface area contributed by atoms with Gasteiger partial charge in [0, 0.05) is 12.1 Å². The summed E-state index contributed by atoms with van der Waals surface area (Å²) < 4.78 is 11.3. The second-order valence-electron chi connectivity index (χ2n) is 6.40. The number of carbonyl (C=O) groups is 2. The number of nitro groups is 1. The number of non-ortho nitro benzene ring substituents is 1. The molecular formula is C19H16N2O6. The zero-order chi connectivity index (χ0) is 19.0. The maximum Gasteiger partial charge on any atom is 0.332 e. The van der Waals surface area contributed by atoms with E-state index in [9.17, 15) is 19.7 Å². The minimum Gasteiger partial charge on any atom is -0.459 e. The van der Waals surface area contributed by atoms with Crippen LogP contribution < -0.4 is 0 Å². The molecule has 8 nitrogen and oxygen atoms in total. The summed E-state index contributed by atoms with van der Waals surface area (Å²) in [5.74, 6) is -0.700. The number of ether oxygens (including phenoxy) is 2. The van der Waals surface area contributed by atoms with Crippen molar-refractivity contribution in [2.45, 2.75) is 31.4 Å². The number of nitro benzene ring substituents is 1. The van der Waals surface area contributed by atoms with Crippen molar-refractivity contribution in [2.24, 2.45) is 0 Å². The summed E-state index contributed by atoms with van der Waals surface area (Å²) >= 11 is 0. The van der Waals surface area contributed by atoms with E-state index in [1.807, 2.05) is 30.3 Å². The summed E-state index contributed by atoms with van der Waals surface area (Å²) in [6.07, 6.45) is -0.721. The normalized spacial score (nSPS) is 23.5.